The van der Waals surface area contributed by atoms with Gasteiger partial charge in [-0.15, -0.1) is 0 Å². The van der Waals surface area contributed by atoms with Crippen molar-refractivity contribution in [2.75, 3.05) is 7.11 Å². The molecule has 0 saturated heterocycles. The van der Waals surface area contributed by atoms with Crippen molar-refractivity contribution in [3.8, 4) is 0 Å². The summed E-state index contributed by atoms with van der Waals surface area (Å²) in [6.07, 6.45) is 0. The van der Waals surface area contributed by atoms with Crippen LogP contribution in [0.5, 0.6) is 0 Å². The summed E-state index contributed by atoms with van der Waals surface area (Å²) < 4.78 is 19.0. The third kappa shape index (κ3) is 5.62. The largest absolute Gasteiger partial charge is 0.380 e. The molecule has 0 bridgehead atoms. The first-order chi connectivity index (χ1) is 12.9. The van der Waals surface area contributed by atoms with Crippen molar-refractivity contribution in [2.45, 2.75) is 33.0 Å². The number of carbonyl (C=O) groups is 2. The number of benzene rings is 2. The van der Waals surface area contributed by atoms with Gasteiger partial charge in [0.15, 0.2) is 0 Å². The number of amides is 2. The molecule has 2 aromatic carbocycles. The smallest absolute Gasteiger partial charge is 0.254 e. The van der Waals surface area contributed by atoms with E-state index in [4.69, 9.17) is 4.74 Å². The van der Waals surface area contributed by atoms with Gasteiger partial charge in [-0.05, 0) is 29.2 Å². The Morgan fingerprint density at radius 3 is 2.30 bits per heavy atom. The molecule has 2 aromatic rings. The fraction of sp³-hybridized carbons (Fsp3) is 0.333. The predicted octanol–water partition coefficient (Wildman–Crippen LogP) is 3.04. The third-order valence-electron chi connectivity index (χ3n) is 4.23. The zero-order valence-corrected chi connectivity index (χ0v) is 15.8. The molecular formula is C21H25FN2O3. The van der Waals surface area contributed by atoms with Gasteiger partial charge >= 0.3 is 0 Å². The number of halogens is 1. The predicted molar refractivity (Wildman–Crippen MR) is 101 cm³/mol. The molecule has 0 aliphatic carbocycles. The summed E-state index contributed by atoms with van der Waals surface area (Å²) in [6.45, 7) is 4.41. The number of nitrogens with one attached hydrogen (secondary N) is 2. The van der Waals surface area contributed by atoms with Gasteiger partial charge in [-0.3, -0.25) is 9.59 Å². The Morgan fingerprint density at radius 1 is 1.04 bits per heavy atom. The molecule has 0 spiro atoms. The fourth-order valence-corrected chi connectivity index (χ4v) is 2.72. The number of ether oxygens (including phenoxy) is 1. The van der Waals surface area contributed by atoms with Crippen molar-refractivity contribution >= 4 is 11.8 Å². The molecule has 0 fully saturated rings. The standard InChI is InChI=1S/C21H25FN2O3/c1-14(2)19(24-20(25)17-10-6-7-11-18(17)22)21(26)23-12-15-8-4-5-9-16(15)13-27-3/h4-11,14,19H,12-13H2,1-3H3,(H,23,26)(H,24,25). The van der Waals surface area contributed by atoms with Gasteiger partial charge in [-0.25, -0.2) is 4.39 Å². The fourth-order valence-electron chi connectivity index (χ4n) is 2.72. The number of carbonyl (C=O) groups excluding carboxylic acids is 2. The van der Waals surface area contributed by atoms with Crippen molar-refractivity contribution in [2.24, 2.45) is 5.92 Å². The Kier molecular flexibility index (Phi) is 7.49. The number of methoxy groups -OCH3 is 1. The van der Waals surface area contributed by atoms with Crippen LogP contribution in [0, 0.1) is 11.7 Å². The van der Waals surface area contributed by atoms with E-state index in [-0.39, 0.29) is 17.4 Å². The van der Waals surface area contributed by atoms with Crippen LogP contribution in [0.3, 0.4) is 0 Å². The summed E-state index contributed by atoms with van der Waals surface area (Å²) in [4.78, 5) is 25.0. The van der Waals surface area contributed by atoms with Crippen molar-refractivity contribution in [3.05, 3.63) is 71.0 Å². The monoisotopic (exact) mass is 372 g/mol. The Bertz CT molecular complexity index is 793. The van der Waals surface area contributed by atoms with Gasteiger partial charge in [0, 0.05) is 13.7 Å². The van der Waals surface area contributed by atoms with Crippen LogP contribution >= 0.6 is 0 Å². The highest BCUT2D eigenvalue weighted by molar-refractivity contribution is 5.97. The summed E-state index contributed by atoms with van der Waals surface area (Å²) >= 11 is 0. The van der Waals surface area contributed by atoms with Gasteiger partial charge in [-0.1, -0.05) is 50.2 Å². The average Bonchev–Trinajstić information content (AvgIpc) is 2.65. The van der Waals surface area contributed by atoms with Crippen LogP contribution in [0.15, 0.2) is 48.5 Å². The summed E-state index contributed by atoms with van der Waals surface area (Å²) in [6, 6.07) is 12.6. The van der Waals surface area contributed by atoms with E-state index in [0.717, 1.165) is 11.1 Å². The Morgan fingerprint density at radius 2 is 1.67 bits per heavy atom. The van der Waals surface area contributed by atoms with E-state index in [1.807, 2.05) is 38.1 Å². The van der Waals surface area contributed by atoms with Crippen LogP contribution in [0.1, 0.15) is 35.3 Å². The van der Waals surface area contributed by atoms with Crippen molar-refractivity contribution in [3.63, 3.8) is 0 Å². The van der Waals surface area contributed by atoms with Gasteiger partial charge in [0.1, 0.15) is 11.9 Å². The van der Waals surface area contributed by atoms with E-state index in [0.29, 0.717) is 13.2 Å². The first-order valence-corrected chi connectivity index (χ1v) is 8.82. The molecule has 2 N–H and O–H groups in total. The number of hydrogen-bond donors (Lipinski definition) is 2. The lowest BCUT2D eigenvalue weighted by Crippen LogP contribution is -2.49. The zero-order chi connectivity index (χ0) is 19.8. The molecule has 0 aliphatic heterocycles. The molecule has 2 rings (SSSR count). The normalized spacial score (nSPS) is 11.9. The van der Waals surface area contributed by atoms with Crippen LogP contribution in [0.25, 0.3) is 0 Å². The molecule has 0 heterocycles. The quantitative estimate of drug-likeness (QED) is 0.748. The molecule has 5 nitrogen and oxygen atoms in total. The molecule has 6 heteroatoms. The van der Waals surface area contributed by atoms with Gasteiger partial charge in [0.05, 0.1) is 12.2 Å². The highest BCUT2D eigenvalue weighted by Gasteiger charge is 2.25. The Labute approximate surface area is 158 Å². The van der Waals surface area contributed by atoms with Crippen molar-refractivity contribution in [1.82, 2.24) is 10.6 Å². The third-order valence-corrected chi connectivity index (χ3v) is 4.23. The second-order valence-electron chi connectivity index (χ2n) is 6.59. The molecule has 144 valence electrons. The SMILES string of the molecule is COCc1ccccc1CNC(=O)C(NC(=O)c1ccccc1F)C(C)C. The first-order valence-electron chi connectivity index (χ1n) is 8.82. The highest BCUT2D eigenvalue weighted by atomic mass is 19.1. The summed E-state index contributed by atoms with van der Waals surface area (Å²) in [5.41, 5.74) is 1.84. The van der Waals surface area contributed by atoms with Gasteiger partial charge in [0.25, 0.3) is 5.91 Å². The molecule has 0 radical (unpaired) electrons. The van der Waals surface area contributed by atoms with E-state index in [2.05, 4.69) is 10.6 Å². The van der Waals surface area contributed by atoms with Crippen molar-refractivity contribution < 1.29 is 18.7 Å². The maximum Gasteiger partial charge on any atom is 0.254 e. The zero-order valence-electron chi connectivity index (χ0n) is 15.8. The number of rotatable bonds is 8. The Balaban J connectivity index is 2.05. The Hall–Kier alpha value is -2.73. The molecule has 2 amide bonds. The molecule has 0 saturated carbocycles. The second-order valence-corrected chi connectivity index (χ2v) is 6.59. The molecule has 0 aliphatic rings. The summed E-state index contributed by atoms with van der Waals surface area (Å²) in [5, 5.41) is 5.48. The summed E-state index contributed by atoms with van der Waals surface area (Å²) in [5.74, 6) is -1.70. The average molecular weight is 372 g/mol. The molecule has 1 unspecified atom stereocenters. The molecule has 1 atom stereocenters. The van der Waals surface area contributed by atoms with Gasteiger partial charge in [0.2, 0.25) is 5.91 Å². The van der Waals surface area contributed by atoms with Crippen LogP contribution in [0.2, 0.25) is 0 Å². The van der Waals surface area contributed by atoms with Crippen LogP contribution in [-0.2, 0) is 22.7 Å². The lowest BCUT2D eigenvalue weighted by atomic mass is 10.0. The lowest BCUT2D eigenvalue weighted by Gasteiger charge is -2.22. The maximum absolute atomic E-state index is 13.8. The van der Waals surface area contributed by atoms with E-state index in [9.17, 15) is 14.0 Å². The van der Waals surface area contributed by atoms with Crippen molar-refractivity contribution in [1.29, 1.82) is 0 Å². The summed E-state index contributed by atoms with van der Waals surface area (Å²) in [7, 11) is 1.61. The van der Waals surface area contributed by atoms with E-state index in [1.54, 1.807) is 13.2 Å². The molecule has 27 heavy (non-hydrogen) atoms. The van der Waals surface area contributed by atoms with Crippen LogP contribution in [-0.4, -0.2) is 25.0 Å². The first kappa shape index (κ1) is 20.6. The second kappa shape index (κ2) is 9.83. The maximum atomic E-state index is 13.8. The number of hydrogen-bond acceptors (Lipinski definition) is 3. The minimum absolute atomic E-state index is 0.0820. The topological polar surface area (TPSA) is 67.4 Å². The van der Waals surface area contributed by atoms with Gasteiger partial charge < -0.3 is 15.4 Å². The molecular weight excluding hydrogens is 347 g/mol. The lowest BCUT2D eigenvalue weighted by molar-refractivity contribution is -0.124. The van der Waals surface area contributed by atoms with E-state index < -0.39 is 17.8 Å². The minimum atomic E-state index is -0.772. The van der Waals surface area contributed by atoms with E-state index in [1.165, 1.54) is 18.2 Å². The highest BCUT2D eigenvalue weighted by Crippen LogP contribution is 2.11. The molecule has 0 aromatic heterocycles. The van der Waals surface area contributed by atoms with Crippen LogP contribution < -0.4 is 10.6 Å². The van der Waals surface area contributed by atoms with E-state index >= 15 is 0 Å². The minimum Gasteiger partial charge on any atom is -0.380 e. The van der Waals surface area contributed by atoms with Crippen LogP contribution in [0.4, 0.5) is 4.39 Å². The van der Waals surface area contributed by atoms with Gasteiger partial charge in [-0.2, -0.15) is 0 Å².